The number of imidazole rings is 1. The van der Waals surface area contributed by atoms with Crippen LogP contribution >= 0.6 is 11.6 Å². The number of rotatable bonds is 7. The highest BCUT2D eigenvalue weighted by molar-refractivity contribution is 6.30. The zero-order valence-corrected chi connectivity index (χ0v) is 20.5. The van der Waals surface area contributed by atoms with Crippen LogP contribution in [-0.4, -0.2) is 19.1 Å². The summed E-state index contributed by atoms with van der Waals surface area (Å²) < 4.78 is 48.0. The first-order valence-electron chi connectivity index (χ1n) is 11.6. The molecule has 2 aromatic heterocycles. The zero-order chi connectivity index (χ0) is 26.9. The van der Waals surface area contributed by atoms with Crippen LogP contribution in [0.3, 0.4) is 0 Å². The number of hydrogen-bond donors (Lipinski definition) is 1. The van der Waals surface area contributed by atoms with Crippen LogP contribution < -0.4 is 16.0 Å². The molecule has 3 aromatic carbocycles. The second-order valence-electron chi connectivity index (χ2n) is 8.55. The van der Waals surface area contributed by atoms with Gasteiger partial charge < -0.3 is 4.74 Å². The molecule has 0 unspecified atom stereocenters. The summed E-state index contributed by atoms with van der Waals surface area (Å²) in [6.07, 6.45) is -4.13. The molecular weight excluding hydrogens is 521 g/mol. The molecule has 0 saturated heterocycles. The lowest BCUT2D eigenvalue weighted by molar-refractivity contribution is -0.137. The van der Waals surface area contributed by atoms with Crippen molar-refractivity contribution in [3.05, 3.63) is 121 Å². The van der Waals surface area contributed by atoms with Crippen LogP contribution in [0.1, 0.15) is 16.7 Å². The molecule has 0 radical (unpaired) electrons. The topological polar surface area (TPSA) is 81.9 Å². The van der Waals surface area contributed by atoms with E-state index in [-0.39, 0.29) is 36.0 Å². The van der Waals surface area contributed by atoms with Gasteiger partial charge in [0.25, 0.3) is 5.56 Å². The van der Waals surface area contributed by atoms with E-state index in [1.165, 1.54) is 16.7 Å². The highest BCUT2D eigenvalue weighted by Crippen LogP contribution is 2.33. The third-order valence-electron chi connectivity index (χ3n) is 5.94. The Morgan fingerprint density at radius 3 is 2.34 bits per heavy atom. The second kappa shape index (κ2) is 10.2. The number of H-pyrrole nitrogens is 1. The van der Waals surface area contributed by atoms with Crippen LogP contribution in [0.15, 0.2) is 88.5 Å². The maximum absolute atomic E-state index is 13.5. The number of ether oxygens (including phenoxy) is 1. The monoisotopic (exact) mass is 540 g/mol. The van der Waals surface area contributed by atoms with Gasteiger partial charge in [-0.3, -0.25) is 18.9 Å². The number of nitrogens with one attached hydrogen (secondary N) is 1. The number of aromatic amines is 1. The van der Waals surface area contributed by atoms with Gasteiger partial charge in [-0.15, -0.1) is 0 Å². The van der Waals surface area contributed by atoms with Crippen molar-refractivity contribution >= 4 is 22.8 Å². The number of nitrogens with zero attached hydrogens (tertiary/aromatic N) is 3. The Bertz CT molecular complexity index is 1710. The van der Waals surface area contributed by atoms with Gasteiger partial charge in [0.05, 0.1) is 12.1 Å². The van der Waals surface area contributed by atoms with Gasteiger partial charge in [-0.2, -0.15) is 18.2 Å². The van der Waals surface area contributed by atoms with Crippen LogP contribution in [0, 0.1) is 0 Å². The van der Waals surface area contributed by atoms with Gasteiger partial charge in [-0.05, 0) is 47.9 Å². The maximum atomic E-state index is 13.5. The summed E-state index contributed by atoms with van der Waals surface area (Å²) >= 11 is 6.00. The lowest BCUT2D eigenvalue weighted by atomic mass is 10.1. The van der Waals surface area contributed by atoms with E-state index in [2.05, 4.69) is 9.97 Å². The van der Waals surface area contributed by atoms with Gasteiger partial charge in [0.2, 0.25) is 0 Å². The SMILES string of the molecule is O=c1[nH]c2nc(Oc3cccc(C(F)(F)F)c3)n(Cc3ccc(Cl)cc3)c2c(=O)n1CCc1ccccc1. The molecule has 0 saturated carbocycles. The minimum Gasteiger partial charge on any atom is -0.425 e. The third-order valence-corrected chi connectivity index (χ3v) is 6.19. The zero-order valence-electron chi connectivity index (χ0n) is 19.7. The van der Waals surface area contributed by atoms with Crippen molar-refractivity contribution in [2.24, 2.45) is 0 Å². The summed E-state index contributed by atoms with van der Waals surface area (Å²) in [7, 11) is 0. The summed E-state index contributed by atoms with van der Waals surface area (Å²) in [6, 6.07) is 20.4. The van der Waals surface area contributed by atoms with E-state index in [9.17, 15) is 22.8 Å². The molecule has 194 valence electrons. The fourth-order valence-corrected chi connectivity index (χ4v) is 4.18. The van der Waals surface area contributed by atoms with Gasteiger partial charge in [0.15, 0.2) is 11.2 Å². The number of hydrogen-bond acceptors (Lipinski definition) is 4. The van der Waals surface area contributed by atoms with Gasteiger partial charge in [-0.25, -0.2) is 4.79 Å². The highest BCUT2D eigenvalue weighted by atomic mass is 35.5. The molecule has 1 N–H and O–H groups in total. The lowest BCUT2D eigenvalue weighted by Crippen LogP contribution is -2.36. The van der Waals surface area contributed by atoms with E-state index in [1.807, 2.05) is 30.3 Å². The number of aryl methyl sites for hydroxylation is 1. The molecule has 7 nitrogen and oxygen atoms in total. The standard InChI is InChI=1S/C27H20ClF3N4O3/c28-20-11-9-18(10-12-20)16-35-22-23(33-26(35)38-21-8-4-7-19(15-21)27(29,30)31)32-25(37)34(24(22)36)14-13-17-5-2-1-3-6-17/h1-12,15H,13-14,16H2,(H,32,37). The molecule has 0 atom stereocenters. The van der Waals surface area contributed by atoms with Crippen LogP contribution in [-0.2, 0) is 25.7 Å². The summed E-state index contributed by atoms with van der Waals surface area (Å²) in [5.74, 6) is -0.126. The first-order chi connectivity index (χ1) is 18.2. The van der Waals surface area contributed by atoms with E-state index in [0.29, 0.717) is 11.4 Å². The fourth-order valence-electron chi connectivity index (χ4n) is 4.05. The maximum Gasteiger partial charge on any atom is 0.416 e. The number of benzene rings is 3. The Kier molecular flexibility index (Phi) is 6.81. The highest BCUT2D eigenvalue weighted by Gasteiger charge is 2.31. The number of alkyl halides is 3. The Morgan fingerprint density at radius 2 is 1.63 bits per heavy atom. The predicted octanol–water partition coefficient (Wildman–Crippen LogP) is 5.64. The molecule has 11 heteroatoms. The molecule has 0 fully saturated rings. The van der Waals surface area contributed by atoms with Crippen molar-refractivity contribution in [2.75, 3.05) is 0 Å². The van der Waals surface area contributed by atoms with Crippen molar-refractivity contribution in [2.45, 2.75) is 25.7 Å². The summed E-state index contributed by atoms with van der Waals surface area (Å²) in [5.41, 5.74) is -0.458. The van der Waals surface area contributed by atoms with E-state index in [1.54, 1.807) is 24.3 Å². The van der Waals surface area contributed by atoms with E-state index >= 15 is 0 Å². The van der Waals surface area contributed by atoms with E-state index in [0.717, 1.165) is 27.8 Å². The Balaban J connectivity index is 1.60. The fraction of sp³-hybridized carbons (Fsp3) is 0.148. The normalized spacial score (nSPS) is 11.7. The molecule has 5 aromatic rings. The quantitative estimate of drug-likeness (QED) is 0.289. The Morgan fingerprint density at radius 1 is 0.895 bits per heavy atom. The molecule has 0 aliphatic rings. The number of aromatic nitrogens is 4. The molecule has 0 aliphatic carbocycles. The van der Waals surface area contributed by atoms with Gasteiger partial charge in [0, 0.05) is 11.6 Å². The number of halogens is 4. The third kappa shape index (κ3) is 5.35. The van der Waals surface area contributed by atoms with Crippen LogP contribution in [0.4, 0.5) is 13.2 Å². The predicted molar refractivity (Wildman–Crippen MR) is 137 cm³/mol. The molecule has 5 rings (SSSR count). The molecule has 2 heterocycles. The average molecular weight is 541 g/mol. The smallest absolute Gasteiger partial charge is 0.416 e. The Hall–Kier alpha value is -4.31. The van der Waals surface area contributed by atoms with Crippen LogP contribution in [0.5, 0.6) is 11.8 Å². The summed E-state index contributed by atoms with van der Waals surface area (Å²) in [4.78, 5) is 33.2. The lowest BCUT2D eigenvalue weighted by Gasteiger charge is -2.12. The van der Waals surface area contributed by atoms with Crippen LogP contribution in [0.25, 0.3) is 11.2 Å². The van der Waals surface area contributed by atoms with Crippen molar-refractivity contribution < 1.29 is 17.9 Å². The van der Waals surface area contributed by atoms with Crippen molar-refractivity contribution in [3.63, 3.8) is 0 Å². The van der Waals surface area contributed by atoms with Gasteiger partial charge in [-0.1, -0.05) is 60.1 Å². The van der Waals surface area contributed by atoms with E-state index < -0.39 is 23.0 Å². The van der Waals surface area contributed by atoms with Crippen molar-refractivity contribution in [1.82, 2.24) is 19.1 Å². The van der Waals surface area contributed by atoms with Gasteiger partial charge >= 0.3 is 17.9 Å². The molecule has 38 heavy (non-hydrogen) atoms. The minimum absolute atomic E-state index is 0.0353. The summed E-state index contributed by atoms with van der Waals surface area (Å²) in [6.45, 7) is 0.200. The molecule has 0 aliphatic heterocycles. The first kappa shape index (κ1) is 25.3. The first-order valence-corrected chi connectivity index (χ1v) is 11.9. The van der Waals surface area contributed by atoms with Crippen molar-refractivity contribution in [1.29, 1.82) is 0 Å². The molecule has 0 amide bonds. The van der Waals surface area contributed by atoms with Gasteiger partial charge in [0.1, 0.15) is 5.75 Å². The Labute approximate surface area is 218 Å². The van der Waals surface area contributed by atoms with Crippen LogP contribution in [0.2, 0.25) is 5.02 Å². The minimum atomic E-state index is -4.57. The largest absolute Gasteiger partial charge is 0.425 e. The average Bonchev–Trinajstić information content (AvgIpc) is 3.21. The number of fused-ring (bicyclic) bond motifs is 1. The van der Waals surface area contributed by atoms with E-state index in [4.69, 9.17) is 16.3 Å². The molecular formula is C27H20ClF3N4O3. The summed E-state index contributed by atoms with van der Waals surface area (Å²) in [5, 5.41) is 0.511. The van der Waals surface area contributed by atoms with Crippen molar-refractivity contribution in [3.8, 4) is 11.8 Å². The second-order valence-corrected chi connectivity index (χ2v) is 8.99. The molecule has 0 bridgehead atoms. The molecule has 0 spiro atoms.